The first-order valence-corrected chi connectivity index (χ1v) is 10.8. The summed E-state index contributed by atoms with van der Waals surface area (Å²) in [6.07, 6.45) is 2.14. The van der Waals surface area contributed by atoms with E-state index in [0.717, 1.165) is 33.4 Å². The molecule has 0 saturated carbocycles. The third-order valence-electron chi connectivity index (χ3n) is 5.22. The molecule has 0 aliphatic rings. The Morgan fingerprint density at radius 2 is 1.97 bits per heavy atom. The summed E-state index contributed by atoms with van der Waals surface area (Å²) < 4.78 is 0. The molecule has 160 valence electrons. The van der Waals surface area contributed by atoms with Crippen LogP contribution in [-0.2, 0) is 6.42 Å². The minimum Gasteiger partial charge on any atom is -0.478 e. The molecule has 5 rings (SSSR count). The second-order valence-electron chi connectivity index (χ2n) is 7.23. The van der Waals surface area contributed by atoms with E-state index in [2.05, 4.69) is 20.8 Å². The fourth-order valence-electron chi connectivity index (χ4n) is 3.69. The first-order valence-electron chi connectivity index (χ1n) is 10.0. The number of carboxylic acid groups (broad SMARTS) is 1. The van der Waals surface area contributed by atoms with Gasteiger partial charge in [0.25, 0.3) is 5.56 Å². The molecule has 5 aromatic rings. The average molecular weight is 446 g/mol. The Kier molecular flexibility index (Phi) is 4.87. The molecular weight excluding hydrogens is 426 g/mol. The summed E-state index contributed by atoms with van der Waals surface area (Å²) >= 11 is 1.55. The molecule has 9 heteroatoms. The van der Waals surface area contributed by atoms with Crippen LogP contribution >= 0.6 is 11.3 Å². The van der Waals surface area contributed by atoms with Crippen LogP contribution in [-0.4, -0.2) is 26.0 Å². The van der Waals surface area contributed by atoms with Gasteiger partial charge in [0.2, 0.25) is 0 Å². The van der Waals surface area contributed by atoms with Crippen molar-refractivity contribution in [3.05, 3.63) is 75.7 Å². The second-order valence-corrected chi connectivity index (χ2v) is 8.31. The van der Waals surface area contributed by atoms with Crippen molar-refractivity contribution in [1.29, 1.82) is 0 Å². The lowest BCUT2D eigenvalue weighted by molar-refractivity contribution is 0.0699. The monoisotopic (exact) mass is 445 g/mol. The Morgan fingerprint density at radius 3 is 2.72 bits per heavy atom. The Hall–Kier alpha value is -4.11. The van der Waals surface area contributed by atoms with Gasteiger partial charge in [0.05, 0.1) is 16.3 Å². The number of para-hydroxylation sites is 1. The summed E-state index contributed by atoms with van der Waals surface area (Å²) in [5.41, 5.74) is 9.44. The van der Waals surface area contributed by atoms with E-state index in [1.807, 2.05) is 49.4 Å². The number of benzene rings is 2. The van der Waals surface area contributed by atoms with Crippen LogP contribution in [0.5, 0.6) is 0 Å². The van der Waals surface area contributed by atoms with E-state index < -0.39 is 5.97 Å². The fraction of sp³-hybridized carbons (Fsp3) is 0.0870. The maximum absolute atomic E-state index is 12.4. The molecule has 0 radical (unpaired) electrons. The summed E-state index contributed by atoms with van der Waals surface area (Å²) in [4.78, 5) is 34.5. The van der Waals surface area contributed by atoms with Gasteiger partial charge < -0.3 is 20.5 Å². The maximum Gasteiger partial charge on any atom is 0.337 e. The highest BCUT2D eigenvalue weighted by Gasteiger charge is 2.18. The van der Waals surface area contributed by atoms with Crippen LogP contribution in [0.2, 0.25) is 0 Å². The van der Waals surface area contributed by atoms with Crippen molar-refractivity contribution in [2.75, 3.05) is 10.9 Å². The van der Waals surface area contributed by atoms with Crippen LogP contribution in [0, 0.1) is 0 Å². The van der Waals surface area contributed by atoms with Crippen molar-refractivity contribution < 1.29 is 9.90 Å². The molecule has 3 aromatic heterocycles. The van der Waals surface area contributed by atoms with Crippen LogP contribution in [0.4, 0.5) is 10.7 Å². The van der Waals surface area contributed by atoms with Crippen LogP contribution in [0.1, 0.15) is 22.3 Å². The number of H-pyrrole nitrogens is 2. The van der Waals surface area contributed by atoms with Gasteiger partial charge in [-0.15, -0.1) is 0 Å². The van der Waals surface area contributed by atoms with Gasteiger partial charge in [0.1, 0.15) is 16.2 Å². The van der Waals surface area contributed by atoms with Gasteiger partial charge in [-0.05, 0) is 30.7 Å². The first-order chi connectivity index (χ1) is 15.5. The van der Waals surface area contributed by atoms with Crippen LogP contribution < -0.4 is 16.4 Å². The van der Waals surface area contributed by atoms with Gasteiger partial charge in [0.15, 0.2) is 0 Å². The third-order valence-corrected chi connectivity index (χ3v) is 6.33. The molecule has 0 atom stereocenters. The number of thiazole rings is 1. The lowest BCUT2D eigenvalue weighted by atomic mass is 10.0. The second kappa shape index (κ2) is 7.86. The van der Waals surface area contributed by atoms with Crippen LogP contribution in [0.25, 0.3) is 33.1 Å². The largest absolute Gasteiger partial charge is 0.478 e. The maximum atomic E-state index is 12.4. The molecule has 3 heterocycles. The Labute approximate surface area is 185 Å². The SMILES string of the molecule is CCc1nc(-c2ccc3[nH]c(=O)c4[nH]cc(C(=O)O)c4c3c2)c(NNc2ccccc2)s1. The van der Waals surface area contributed by atoms with Crippen molar-refractivity contribution in [3.63, 3.8) is 0 Å². The number of aryl methyl sites for hydroxylation is 1. The van der Waals surface area contributed by atoms with Crippen molar-refractivity contribution in [2.24, 2.45) is 0 Å². The average Bonchev–Trinajstić information content (AvgIpc) is 3.44. The summed E-state index contributed by atoms with van der Waals surface area (Å²) in [6, 6.07) is 15.3. The number of aromatic amines is 2. The Balaban J connectivity index is 1.65. The number of rotatable bonds is 6. The van der Waals surface area contributed by atoms with Crippen molar-refractivity contribution in [1.82, 2.24) is 15.0 Å². The lowest BCUT2D eigenvalue weighted by Crippen LogP contribution is -2.08. The number of nitrogens with one attached hydrogen (secondary N) is 4. The van der Waals surface area contributed by atoms with E-state index in [1.54, 1.807) is 17.4 Å². The molecule has 5 N–H and O–H groups in total. The highest BCUT2D eigenvalue weighted by atomic mass is 32.1. The third kappa shape index (κ3) is 3.38. The predicted octanol–water partition coefficient (Wildman–Crippen LogP) is 4.83. The molecule has 0 amide bonds. The normalized spacial score (nSPS) is 11.2. The van der Waals surface area contributed by atoms with Gasteiger partial charge in [-0.2, -0.15) is 0 Å². The number of carbonyl (C=O) groups is 1. The van der Waals surface area contributed by atoms with Crippen LogP contribution in [0.15, 0.2) is 59.5 Å². The van der Waals surface area contributed by atoms with Crippen molar-refractivity contribution in [2.45, 2.75) is 13.3 Å². The summed E-state index contributed by atoms with van der Waals surface area (Å²) in [5, 5.41) is 12.5. The summed E-state index contributed by atoms with van der Waals surface area (Å²) in [5.74, 6) is -1.09. The van der Waals surface area contributed by atoms with Gasteiger partial charge in [-0.1, -0.05) is 42.5 Å². The van der Waals surface area contributed by atoms with E-state index in [0.29, 0.717) is 16.3 Å². The molecular formula is C23H19N5O3S. The molecule has 2 aromatic carbocycles. The molecule has 0 saturated heterocycles. The number of nitrogens with zero attached hydrogens (tertiary/aromatic N) is 1. The van der Waals surface area contributed by atoms with Gasteiger partial charge >= 0.3 is 5.97 Å². The van der Waals surface area contributed by atoms with E-state index >= 15 is 0 Å². The summed E-state index contributed by atoms with van der Waals surface area (Å²) in [7, 11) is 0. The number of aromatic nitrogens is 3. The predicted molar refractivity (Wildman–Crippen MR) is 128 cm³/mol. The van der Waals surface area contributed by atoms with Crippen LogP contribution in [0.3, 0.4) is 0 Å². The number of carboxylic acids is 1. The quantitative estimate of drug-likeness (QED) is 0.239. The van der Waals surface area contributed by atoms with Gasteiger partial charge in [-0.3, -0.25) is 10.2 Å². The lowest BCUT2D eigenvalue weighted by Gasteiger charge is -2.10. The zero-order valence-electron chi connectivity index (χ0n) is 17.0. The van der Waals surface area contributed by atoms with Gasteiger partial charge in [0, 0.05) is 28.0 Å². The number of hydrogen-bond acceptors (Lipinski definition) is 6. The fourth-order valence-corrected chi connectivity index (χ4v) is 4.57. The molecule has 0 unspecified atom stereocenters. The van der Waals surface area contributed by atoms with Gasteiger partial charge in [-0.25, -0.2) is 9.78 Å². The molecule has 0 spiro atoms. The topological polar surface area (TPSA) is 123 Å². The van der Waals surface area contributed by atoms with E-state index in [9.17, 15) is 14.7 Å². The zero-order chi connectivity index (χ0) is 22.2. The van der Waals surface area contributed by atoms with Crippen molar-refractivity contribution >= 4 is 49.8 Å². The molecule has 32 heavy (non-hydrogen) atoms. The number of anilines is 2. The molecule has 0 fully saturated rings. The standard InChI is InChI=1S/C23H19N5O3S/c1-2-17-26-19(22(32-17)28-27-13-6-4-3-5-7-13)12-8-9-16-14(10-12)18-15(23(30)31)11-24-20(18)21(29)25-16/h3-11,24,27-28H,2H2,1H3,(H,25,29)(H,30,31). The number of fused-ring (bicyclic) bond motifs is 3. The van der Waals surface area contributed by atoms with E-state index in [-0.39, 0.29) is 16.6 Å². The van der Waals surface area contributed by atoms with Crippen molar-refractivity contribution in [3.8, 4) is 11.3 Å². The minimum atomic E-state index is -1.09. The zero-order valence-corrected chi connectivity index (χ0v) is 17.8. The molecule has 0 aliphatic heterocycles. The number of pyridine rings is 1. The minimum absolute atomic E-state index is 0.0601. The number of aromatic carboxylic acids is 1. The molecule has 0 bridgehead atoms. The molecule has 0 aliphatic carbocycles. The van der Waals surface area contributed by atoms with E-state index in [1.165, 1.54) is 6.20 Å². The first kappa shape index (κ1) is 19.8. The van der Waals surface area contributed by atoms with E-state index in [4.69, 9.17) is 4.98 Å². The highest BCUT2D eigenvalue weighted by Crippen LogP contribution is 2.36. The molecule has 8 nitrogen and oxygen atoms in total. The Morgan fingerprint density at radius 1 is 1.16 bits per heavy atom. The number of hydrogen-bond donors (Lipinski definition) is 5. The summed E-state index contributed by atoms with van der Waals surface area (Å²) in [6.45, 7) is 2.05. The number of hydrazine groups is 1. The smallest absolute Gasteiger partial charge is 0.337 e. The Bertz CT molecular complexity index is 1520. The highest BCUT2D eigenvalue weighted by molar-refractivity contribution is 7.16.